The van der Waals surface area contributed by atoms with Gasteiger partial charge in [-0.1, -0.05) is 24.3 Å². The Kier molecular flexibility index (Phi) is 3.94. The number of anilines is 1. The van der Waals surface area contributed by atoms with Crippen LogP contribution in [0.5, 0.6) is 0 Å². The molecule has 2 amide bonds. The molecule has 0 fully saturated rings. The maximum atomic E-state index is 12.1. The van der Waals surface area contributed by atoms with Crippen LogP contribution in [-0.4, -0.2) is 22.2 Å². The number of nitro groups is 1. The van der Waals surface area contributed by atoms with Crippen LogP contribution in [0, 0.1) is 10.1 Å². The van der Waals surface area contributed by atoms with Crippen LogP contribution in [-0.2, 0) is 6.42 Å². The van der Waals surface area contributed by atoms with Crippen LogP contribution < -0.4 is 10.6 Å². The molecule has 3 N–H and O–H groups in total. The van der Waals surface area contributed by atoms with Crippen LogP contribution in [0.4, 0.5) is 16.2 Å². The molecule has 0 aromatic heterocycles. The fourth-order valence-electron chi connectivity index (χ4n) is 2.72. The highest BCUT2D eigenvalue weighted by molar-refractivity contribution is 5.89. The number of hydrogen-bond acceptors (Lipinski definition) is 4. The van der Waals surface area contributed by atoms with Crippen molar-refractivity contribution in [2.75, 3.05) is 5.32 Å². The summed E-state index contributed by atoms with van der Waals surface area (Å²) in [5.41, 5.74) is 2.31. The van der Waals surface area contributed by atoms with Gasteiger partial charge in [0.05, 0.1) is 17.1 Å². The van der Waals surface area contributed by atoms with E-state index in [1.54, 1.807) is 0 Å². The molecule has 2 aromatic rings. The first-order valence-electron chi connectivity index (χ1n) is 7.12. The van der Waals surface area contributed by atoms with Crippen molar-refractivity contribution < 1.29 is 14.8 Å². The molecular formula is C16H15N3O4. The van der Waals surface area contributed by atoms with Gasteiger partial charge in [0, 0.05) is 24.2 Å². The number of carbonyl (C=O) groups excluding carboxylic acids is 1. The number of amides is 2. The lowest BCUT2D eigenvalue weighted by Gasteiger charge is -2.18. The predicted octanol–water partition coefficient (Wildman–Crippen LogP) is 2.37. The van der Waals surface area contributed by atoms with Crippen LogP contribution in [0.3, 0.4) is 0 Å². The molecule has 2 unspecified atom stereocenters. The van der Waals surface area contributed by atoms with E-state index in [4.69, 9.17) is 0 Å². The van der Waals surface area contributed by atoms with E-state index >= 15 is 0 Å². The largest absolute Gasteiger partial charge is 0.390 e. The summed E-state index contributed by atoms with van der Waals surface area (Å²) in [5.74, 6) is 0. The van der Waals surface area contributed by atoms with Crippen molar-refractivity contribution in [1.29, 1.82) is 0 Å². The van der Waals surface area contributed by atoms with Gasteiger partial charge in [-0.25, -0.2) is 4.79 Å². The zero-order chi connectivity index (χ0) is 16.4. The summed E-state index contributed by atoms with van der Waals surface area (Å²) >= 11 is 0. The minimum absolute atomic E-state index is 0.0453. The summed E-state index contributed by atoms with van der Waals surface area (Å²) in [5, 5.41) is 26.0. The van der Waals surface area contributed by atoms with E-state index in [0.717, 1.165) is 11.1 Å². The SMILES string of the molecule is O=C(Nc1ccc([N+](=O)[O-])cc1)NC1c2ccccc2CC1O. The summed E-state index contributed by atoms with van der Waals surface area (Å²) in [7, 11) is 0. The maximum Gasteiger partial charge on any atom is 0.319 e. The molecule has 118 valence electrons. The van der Waals surface area contributed by atoms with Gasteiger partial charge >= 0.3 is 6.03 Å². The highest BCUT2D eigenvalue weighted by Crippen LogP contribution is 2.31. The molecule has 0 bridgehead atoms. The molecule has 1 aliphatic carbocycles. The van der Waals surface area contributed by atoms with Gasteiger partial charge in [-0.3, -0.25) is 10.1 Å². The third-order valence-corrected chi connectivity index (χ3v) is 3.83. The highest BCUT2D eigenvalue weighted by Gasteiger charge is 2.31. The van der Waals surface area contributed by atoms with E-state index in [1.807, 2.05) is 24.3 Å². The molecule has 0 saturated heterocycles. The van der Waals surface area contributed by atoms with Gasteiger partial charge in [-0.15, -0.1) is 0 Å². The van der Waals surface area contributed by atoms with E-state index in [9.17, 15) is 20.0 Å². The number of nitrogens with zero attached hydrogens (tertiary/aromatic N) is 1. The standard InChI is InChI=1S/C16H15N3O4/c20-14-9-10-3-1-2-4-13(10)15(14)18-16(21)17-11-5-7-12(8-6-11)19(22)23/h1-8,14-15,20H,9H2,(H2,17,18,21). The lowest BCUT2D eigenvalue weighted by atomic mass is 10.1. The second kappa shape index (κ2) is 6.05. The summed E-state index contributed by atoms with van der Waals surface area (Å²) < 4.78 is 0. The average Bonchev–Trinajstić information content (AvgIpc) is 2.84. The normalized spacial score (nSPS) is 19.0. The van der Waals surface area contributed by atoms with Gasteiger partial charge in [0.1, 0.15) is 0 Å². The Hall–Kier alpha value is -2.93. The van der Waals surface area contributed by atoms with Gasteiger partial charge in [-0.2, -0.15) is 0 Å². The first kappa shape index (κ1) is 15.0. The van der Waals surface area contributed by atoms with Crippen molar-refractivity contribution in [2.45, 2.75) is 18.6 Å². The Balaban J connectivity index is 1.67. The van der Waals surface area contributed by atoms with E-state index in [0.29, 0.717) is 12.1 Å². The summed E-state index contributed by atoms with van der Waals surface area (Å²) in [4.78, 5) is 22.2. The summed E-state index contributed by atoms with van der Waals surface area (Å²) in [6, 6.07) is 12.2. The molecule has 1 aliphatic rings. The molecule has 0 spiro atoms. The van der Waals surface area contributed by atoms with Crippen molar-refractivity contribution >= 4 is 17.4 Å². The highest BCUT2D eigenvalue weighted by atomic mass is 16.6. The summed E-state index contributed by atoms with van der Waals surface area (Å²) in [6.07, 6.45) is -0.173. The van der Waals surface area contributed by atoms with Crippen molar-refractivity contribution in [3.05, 3.63) is 69.8 Å². The van der Waals surface area contributed by atoms with Gasteiger partial charge in [0.25, 0.3) is 5.69 Å². The quantitative estimate of drug-likeness (QED) is 0.597. The monoisotopic (exact) mass is 313 g/mol. The van der Waals surface area contributed by atoms with Crippen LogP contribution >= 0.6 is 0 Å². The first-order chi connectivity index (χ1) is 11.0. The molecule has 2 atom stereocenters. The van der Waals surface area contributed by atoms with Crippen molar-refractivity contribution in [2.24, 2.45) is 0 Å². The maximum absolute atomic E-state index is 12.1. The van der Waals surface area contributed by atoms with E-state index in [2.05, 4.69) is 10.6 Å². The second-order valence-corrected chi connectivity index (χ2v) is 5.35. The number of carbonyl (C=O) groups is 1. The number of aliphatic hydroxyl groups is 1. The van der Waals surface area contributed by atoms with Gasteiger partial charge in [0.2, 0.25) is 0 Å². The Labute approximate surface area is 132 Å². The Morgan fingerprint density at radius 3 is 2.57 bits per heavy atom. The minimum atomic E-state index is -0.671. The van der Waals surface area contributed by atoms with Gasteiger partial charge in [-0.05, 0) is 23.3 Å². The number of non-ortho nitro benzene ring substituents is 1. The molecule has 0 radical (unpaired) electrons. The third kappa shape index (κ3) is 3.14. The zero-order valence-electron chi connectivity index (χ0n) is 12.1. The van der Waals surface area contributed by atoms with Crippen molar-refractivity contribution in [3.63, 3.8) is 0 Å². The molecule has 3 rings (SSSR count). The smallest absolute Gasteiger partial charge is 0.319 e. The topological polar surface area (TPSA) is 104 Å². The average molecular weight is 313 g/mol. The summed E-state index contributed by atoms with van der Waals surface area (Å²) in [6.45, 7) is 0. The van der Waals surface area contributed by atoms with E-state index in [1.165, 1.54) is 24.3 Å². The van der Waals surface area contributed by atoms with Crippen LogP contribution in [0.1, 0.15) is 17.2 Å². The molecule has 0 heterocycles. The van der Waals surface area contributed by atoms with Gasteiger partial charge < -0.3 is 15.7 Å². The third-order valence-electron chi connectivity index (χ3n) is 3.83. The molecule has 0 aliphatic heterocycles. The van der Waals surface area contributed by atoms with E-state index in [-0.39, 0.29) is 5.69 Å². The van der Waals surface area contributed by atoms with E-state index < -0.39 is 23.1 Å². The minimum Gasteiger partial charge on any atom is -0.390 e. The van der Waals surface area contributed by atoms with Crippen molar-refractivity contribution in [3.8, 4) is 0 Å². The molecule has 2 aromatic carbocycles. The first-order valence-corrected chi connectivity index (χ1v) is 7.12. The number of rotatable bonds is 3. The number of hydrogen-bond donors (Lipinski definition) is 3. The number of fused-ring (bicyclic) bond motifs is 1. The fourth-order valence-corrected chi connectivity index (χ4v) is 2.72. The van der Waals surface area contributed by atoms with Crippen molar-refractivity contribution in [1.82, 2.24) is 5.32 Å². The lowest BCUT2D eigenvalue weighted by Crippen LogP contribution is -2.36. The fraction of sp³-hybridized carbons (Fsp3) is 0.188. The Morgan fingerprint density at radius 1 is 1.17 bits per heavy atom. The molecule has 23 heavy (non-hydrogen) atoms. The number of urea groups is 1. The predicted molar refractivity (Wildman–Crippen MR) is 84.1 cm³/mol. The van der Waals surface area contributed by atoms with Gasteiger partial charge in [0.15, 0.2) is 0 Å². The Bertz CT molecular complexity index is 745. The van der Waals surface area contributed by atoms with Crippen LogP contribution in [0.25, 0.3) is 0 Å². The number of nitrogens with one attached hydrogen (secondary N) is 2. The number of benzene rings is 2. The molecule has 7 nitrogen and oxygen atoms in total. The number of nitro benzene ring substituents is 1. The van der Waals surface area contributed by atoms with Crippen LogP contribution in [0.2, 0.25) is 0 Å². The lowest BCUT2D eigenvalue weighted by molar-refractivity contribution is -0.384. The second-order valence-electron chi connectivity index (χ2n) is 5.35. The molecule has 7 heteroatoms. The Morgan fingerprint density at radius 2 is 1.87 bits per heavy atom. The molecular weight excluding hydrogens is 298 g/mol. The van der Waals surface area contributed by atoms with Crippen LogP contribution in [0.15, 0.2) is 48.5 Å². The molecule has 0 saturated carbocycles. The zero-order valence-corrected chi connectivity index (χ0v) is 12.1. The number of aliphatic hydroxyl groups excluding tert-OH is 1.